The second kappa shape index (κ2) is 6.34. The lowest BCUT2D eigenvalue weighted by atomic mass is 10.0. The lowest BCUT2D eigenvalue weighted by Crippen LogP contribution is -2.21. The van der Waals surface area contributed by atoms with Gasteiger partial charge in [-0.25, -0.2) is 9.50 Å². The van der Waals surface area contributed by atoms with Crippen molar-refractivity contribution >= 4 is 28.8 Å². The molecule has 2 aromatic heterocycles. The van der Waals surface area contributed by atoms with E-state index in [1.165, 1.54) is 0 Å². The van der Waals surface area contributed by atoms with E-state index in [1.54, 1.807) is 23.0 Å². The minimum atomic E-state index is -0.173. The van der Waals surface area contributed by atoms with Crippen molar-refractivity contribution in [3.8, 4) is 0 Å². The van der Waals surface area contributed by atoms with Crippen molar-refractivity contribution in [1.82, 2.24) is 14.6 Å². The predicted octanol–water partition coefficient (Wildman–Crippen LogP) is 2.10. The molecule has 0 saturated carbocycles. The van der Waals surface area contributed by atoms with E-state index in [0.29, 0.717) is 35.7 Å². The van der Waals surface area contributed by atoms with Crippen LogP contribution in [0.15, 0.2) is 18.5 Å². The van der Waals surface area contributed by atoms with Gasteiger partial charge in [-0.3, -0.25) is 4.79 Å². The highest BCUT2D eigenvalue weighted by Gasteiger charge is 2.16. The molecule has 7 heteroatoms. The first-order valence-corrected chi connectivity index (χ1v) is 6.98. The van der Waals surface area contributed by atoms with Crippen molar-refractivity contribution < 1.29 is 4.79 Å². The van der Waals surface area contributed by atoms with Crippen LogP contribution in [0.3, 0.4) is 0 Å². The number of aromatic nitrogens is 3. The molecule has 0 aliphatic heterocycles. The molecule has 21 heavy (non-hydrogen) atoms. The van der Waals surface area contributed by atoms with Crippen LogP contribution in [0.2, 0.25) is 0 Å². The van der Waals surface area contributed by atoms with Crippen molar-refractivity contribution in [3.63, 3.8) is 0 Å². The van der Waals surface area contributed by atoms with Crippen LogP contribution in [0.25, 0.3) is 5.65 Å². The third-order valence-corrected chi connectivity index (χ3v) is 3.40. The smallest absolute Gasteiger partial charge is 0.227 e. The Labute approximate surface area is 123 Å². The first-order valence-electron chi connectivity index (χ1n) is 6.98. The summed E-state index contributed by atoms with van der Waals surface area (Å²) in [5.41, 5.74) is 7.39. The fraction of sp³-hybridized carbons (Fsp3) is 0.429. The largest absolute Gasteiger partial charge is 0.384 e. The molecule has 1 amide bonds. The van der Waals surface area contributed by atoms with Gasteiger partial charge in [0, 0.05) is 17.8 Å². The van der Waals surface area contributed by atoms with Gasteiger partial charge >= 0.3 is 0 Å². The summed E-state index contributed by atoms with van der Waals surface area (Å²) in [6.45, 7) is 3.80. The lowest BCUT2D eigenvalue weighted by Gasteiger charge is -2.11. The van der Waals surface area contributed by atoms with E-state index < -0.39 is 0 Å². The minimum Gasteiger partial charge on any atom is -0.384 e. The van der Waals surface area contributed by atoms with Gasteiger partial charge in [0.15, 0.2) is 5.65 Å². The zero-order valence-electron chi connectivity index (χ0n) is 12.3. The Kier molecular flexibility index (Phi) is 4.52. The van der Waals surface area contributed by atoms with Crippen molar-refractivity contribution in [1.29, 1.82) is 5.41 Å². The van der Waals surface area contributed by atoms with Crippen LogP contribution in [0, 0.1) is 11.3 Å². The van der Waals surface area contributed by atoms with Crippen LogP contribution in [0.1, 0.15) is 33.1 Å². The molecule has 0 aliphatic rings. The molecule has 0 aromatic carbocycles. The molecule has 0 aliphatic carbocycles. The van der Waals surface area contributed by atoms with Crippen LogP contribution < -0.4 is 11.1 Å². The topological polar surface area (TPSA) is 109 Å². The molecule has 0 spiro atoms. The Balaban J connectivity index is 2.04. The third kappa shape index (κ3) is 3.56. The molecule has 1 atom stereocenters. The first-order chi connectivity index (χ1) is 10.0. The highest BCUT2D eigenvalue weighted by Crippen LogP contribution is 2.17. The van der Waals surface area contributed by atoms with Crippen LogP contribution in [0.4, 0.5) is 11.5 Å². The number of nitrogens with two attached hydrogens (primary N) is 1. The summed E-state index contributed by atoms with van der Waals surface area (Å²) in [4.78, 5) is 16.3. The monoisotopic (exact) mass is 288 g/mol. The molecular formula is C14H20N6O. The highest BCUT2D eigenvalue weighted by molar-refractivity contribution is 5.95. The second-order valence-corrected chi connectivity index (χ2v) is 5.06. The van der Waals surface area contributed by atoms with E-state index in [-0.39, 0.29) is 11.8 Å². The van der Waals surface area contributed by atoms with Crippen molar-refractivity contribution in [2.24, 2.45) is 5.92 Å². The molecule has 0 saturated heterocycles. The molecular weight excluding hydrogens is 268 g/mol. The van der Waals surface area contributed by atoms with E-state index >= 15 is 0 Å². The number of hydrogen-bond acceptors (Lipinski definition) is 5. The Morgan fingerprint density at radius 3 is 3.05 bits per heavy atom. The molecule has 7 nitrogen and oxygen atoms in total. The second-order valence-electron chi connectivity index (χ2n) is 5.06. The Morgan fingerprint density at radius 1 is 1.57 bits per heavy atom. The maximum Gasteiger partial charge on any atom is 0.227 e. The number of fused-ring (bicyclic) bond motifs is 1. The number of carbonyl (C=O) groups is 1. The van der Waals surface area contributed by atoms with Gasteiger partial charge in [-0.1, -0.05) is 13.8 Å². The highest BCUT2D eigenvalue weighted by atomic mass is 16.1. The standard InChI is InChI=1S/C14H20N6O/c1-3-10(15)5-4-9(2)14(21)18-11-8-17-20-7-6-12(16)19-13(11)20/h6-9,15H,3-5H2,1-2H3,(H2,16,19)(H,18,21). The number of nitrogen functional groups attached to an aromatic ring is 1. The molecule has 112 valence electrons. The zero-order valence-corrected chi connectivity index (χ0v) is 12.3. The summed E-state index contributed by atoms with van der Waals surface area (Å²) < 4.78 is 1.56. The Hall–Kier alpha value is -2.44. The zero-order chi connectivity index (χ0) is 15.4. The predicted molar refractivity (Wildman–Crippen MR) is 82.4 cm³/mol. The summed E-state index contributed by atoms with van der Waals surface area (Å²) in [5.74, 6) is 0.105. The van der Waals surface area contributed by atoms with E-state index in [9.17, 15) is 4.79 Å². The normalized spacial score (nSPS) is 12.3. The van der Waals surface area contributed by atoms with E-state index in [2.05, 4.69) is 15.4 Å². The summed E-state index contributed by atoms with van der Waals surface area (Å²) in [6, 6.07) is 1.64. The van der Waals surface area contributed by atoms with Crippen LogP contribution >= 0.6 is 0 Å². The quantitative estimate of drug-likeness (QED) is 0.707. The van der Waals surface area contributed by atoms with Crippen molar-refractivity contribution in [2.75, 3.05) is 11.1 Å². The SMILES string of the molecule is CCC(=N)CCC(C)C(=O)Nc1cnn2ccc(N)nc12. The van der Waals surface area contributed by atoms with Gasteiger partial charge in [0.1, 0.15) is 11.5 Å². The number of rotatable bonds is 6. The van der Waals surface area contributed by atoms with Crippen LogP contribution in [0.5, 0.6) is 0 Å². The fourth-order valence-electron chi connectivity index (χ4n) is 1.93. The average Bonchev–Trinajstić information content (AvgIpc) is 2.86. The maximum atomic E-state index is 12.2. The van der Waals surface area contributed by atoms with Gasteiger partial charge in [0.05, 0.1) is 6.20 Å². The van der Waals surface area contributed by atoms with Gasteiger partial charge in [-0.15, -0.1) is 0 Å². The van der Waals surface area contributed by atoms with Gasteiger partial charge in [-0.2, -0.15) is 5.10 Å². The van der Waals surface area contributed by atoms with E-state index in [4.69, 9.17) is 11.1 Å². The van der Waals surface area contributed by atoms with E-state index in [1.807, 2.05) is 13.8 Å². The molecule has 0 radical (unpaired) electrons. The molecule has 2 aromatic rings. The average molecular weight is 288 g/mol. The number of amides is 1. The Morgan fingerprint density at radius 2 is 2.33 bits per heavy atom. The van der Waals surface area contributed by atoms with Gasteiger partial charge in [0.25, 0.3) is 0 Å². The minimum absolute atomic E-state index is 0.0990. The number of carbonyl (C=O) groups excluding carboxylic acids is 1. The van der Waals surface area contributed by atoms with Crippen LogP contribution in [-0.2, 0) is 4.79 Å². The van der Waals surface area contributed by atoms with Gasteiger partial charge < -0.3 is 16.5 Å². The first kappa shape index (κ1) is 15.0. The van der Waals surface area contributed by atoms with Crippen molar-refractivity contribution in [3.05, 3.63) is 18.5 Å². The molecule has 0 fully saturated rings. The van der Waals surface area contributed by atoms with Crippen molar-refractivity contribution in [2.45, 2.75) is 33.1 Å². The van der Waals surface area contributed by atoms with Gasteiger partial charge in [-0.05, 0) is 25.3 Å². The summed E-state index contributed by atoms with van der Waals surface area (Å²) in [7, 11) is 0. The fourth-order valence-corrected chi connectivity index (χ4v) is 1.93. The third-order valence-electron chi connectivity index (χ3n) is 3.40. The summed E-state index contributed by atoms with van der Waals surface area (Å²) in [6.07, 6.45) is 5.28. The summed E-state index contributed by atoms with van der Waals surface area (Å²) in [5, 5.41) is 14.6. The Bertz CT molecular complexity index is 663. The lowest BCUT2D eigenvalue weighted by molar-refractivity contribution is -0.119. The number of nitrogens with zero attached hydrogens (tertiary/aromatic N) is 3. The molecule has 4 N–H and O–H groups in total. The molecule has 1 unspecified atom stereocenters. The van der Waals surface area contributed by atoms with Gasteiger partial charge in [0.2, 0.25) is 5.91 Å². The summed E-state index contributed by atoms with van der Waals surface area (Å²) >= 11 is 0. The number of hydrogen-bond donors (Lipinski definition) is 3. The molecule has 0 bridgehead atoms. The maximum absolute atomic E-state index is 12.2. The number of nitrogens with one attached hydrogen (secondary N) is 2. The molecule has 2 heterocycles. The van der Waals surface area contributed by atoms with Crippen LogP contribution in [-0.4, -0.2) is 26.2 Å². The number of anilines is 2. The molecule has 2 rings (SSSR count). The van der Waals surface area contributed by atoms with E-state index in [0.717, 1.165) is 6.42 Å².